The summed E-state index contributed by atoms with van der Waals surface area (Å²) in [5.41, 5.74) is 0.579. The molecule has 17 heavy (non-hydrogen) atoms. The minimum atomic E-state index is -0.0559. The SMILES string of the molecule is COC[C@@H]1CN(C(=O)c2ccoc2)C[C@H](C)O1. The Bertz CT molecular complexity index is 363. The second-order valence-corrected chi connectivity index (χ2v) is 4.25. The number of rotatable bonds is 3. The highest BCUT2D eigenvalue weighted by atomic mass is 16.5. The van der Waals surface area contributed by atoms with E-state index >= 15 is 0 Å². The fourth-order valence-corrected chi connectivity index (χ4v) is 2.06. The van der Waals surface area contributed by atoms with Crippen molar-refractivity contribution >= 4 is 5.91 Å². The standard InChI is InChI=1S/C12H17NO4/c1-9-5-13(6-11(17-9)8-15-2)12(14)10-3-4-16-7-10/h3-4,7,9,11H,5-6,8H2,1-2H3/t9-,11-/m0/s1. The summed E-state index contributed by atoms with van der Waals surface area (Å²) >= 11 is 0. The lowest BCUT2D eigenvalue weighted by Gasteiger charge is -2.36. The quantitative estimate of drug-likeness (QED) is 0.794. The van der Waals surface area contributed by atoms with Gasteiger partial charge in [-0.2, -0.15) is 0 Å². The van der Waals surface area contributed by atoms with Gasteiger partial charge in [0.25, 0.3) is 5.91 Å². The second kappa shape index (κ2) is 5.33. The molecule has 5 heteroatoms. The predicted octanol–water partition coefficient (Wildman–Crippen LogP) is 1.16. The monoisotopic (exact) mass is 239 g/mol. The average molecular weight is 239 g/mol. The minimum absolute atomic E-state index is 0.0185. The van der Waals surface area contributed by atoms with Crippen LogP contribution in [-0.2, 0) is 9.47 Å². The minimum Gasteiger partial charge on any atom is -0.472 e. The van der Waals surface area contributed by atoms with Crippen LogP contribution >= 0.6 is 0 Å². The van der Waals surface area contributed by atoms with Gasteiger partial charge in [0.15, 0.2) is 0 Å². The van der Waals surface area contributed by atoms with Gasteiger partial charge < -0.3 is 18.8 Å². The lowest BCUT2D eigenvalue weighted by molar-refractivity contribution is -0.0918. The highest BCUT2D eigenvalue weighted by molar-refractivity contribution is 5.93. The van der Waals surface area contributed by atoms with Gasteiger partial charge in [0.1, 0.15) is 6.26 Å². The third kappa shape index (κ3) is 2.87. The normalized spacial score (nSPS) is 24.9. The zero-order valence-electron chi connectivity index (χ0n) is 10.1. The maximum absolute atomic E-state index is 12.1. The molecule has 0 spiro atoms. The van der Waals surface area contributed by atoms with Gasteiger partial charge in [0.2, 0.25) is 0 Å². The Balaban J connectivity index is 2.02. The zero-order chi connectivity index (χ0) is 12.3. The number of carbonyl (C=O) groups excluding carboxylic acids is 1. The number of hydrogen-bond donors (Lipinski definition) is 0. The van der Waals surface area contributed by atoms with Crippen LogP contribution in [0.25, 0.3) is 0 Å². The Morgan fingerprint density at radius 1 is 1.59 bits per heavy atom. The molecule has 2 atom stereocenters. The van der Waals surface area contributed by atoms with E-state index in [1.807, 2.05) is 6.92 Å². The summed E-state index contributed by atoms with van der Waals surface area (Å²) in [6.45, 7) is 3.61. The van der Waals surface area contributed by atoms with Crippen molar-refractivity contribution in [2.75, 3.05) is 26.8 Å². The highest BCUT2D eigenvalue weighted by Gasteiger charge is 2.29. The smallest absolute Gasteiger partial charge is 0.257 e. The predicted molar refractivity (Wildman–Crippen MR) is 60.8 cm³/mol. The third-order valence-electron chi connectivity index (χ3n) is 2.73. The second-order valence-electron chi connectivity index (χ2n) is 4.25. The fraction of sp³-hybridized carbons (Fsp3) is 0.583. The van der Waals surface area contributed by atoms with E-state index in [2.05, 4.69) is 0 Å². The molecule has 5 nitrogen and oxygen atoms in total. The van der Waals surface area contributed by atoms with Crippen LogP contribution in [0.4, 0.5) is 0 Å². The van der Waals surface area contributed by atoms with E-state index in [1.54, 1.807) is 18.1 Å². The molecule has 1 aromatic heterocycles. The molecule has 0 aliphatic carbocycles. The Kier molecular flexibility index (Phi) is 3.81. The first-order valence-electron chi connectivity index (χ1n) is 5.66. The molecule has 0 aromatic carbocycles. The summed E-state index contributed by atoms with van der Waals surface area (Å²) in [6.07, 6.45) is 2.94. The van der Waals surface area contributed by atoms with Crippen LogP contribution in [0.3, 0.4) is 0 Å². The maximum atomic E-state index is 12.1. The molecule has 0 unspecified atom stereocenters. The summed E-state index contributed by atoms with van der Waals surface area (Å²) in [6, 6.07) is 1.67. The Morgan fingerprint density at radius 2 is 2.41 bits per heavy atom. The summed E-state index contributed by atoms with van der Waals surface area (Å²) in [5.74, 6) is -0.0185. The van der Waals surface area contributed by atoms with E-state index in [-0.39, 0.29) is 18.1 Å². The molecule has 1 aliphatic heterocycles. The van der Waals surface area contributed by atoms with E-state index in [4.69, 9.17) is 13.9 Å². The van der Waals surface area contributed by atoms with Gasteiger partial charge in [-0.25, -0.2) is 0 Å². The van der Waals surface area contributed by atoms with Crippen LogP contribution in [0, 0.1) is 0 Å². The lowest BCUT2D eigenvalue weighted by Crippen LogP contribution is -2.50. The number of morpholine rings is 1. The van der Waals surface area contributed by atoms with Gasteiger partial charge in [-0.15, -0.1) is 0 Å². The van der Waals surface area contributed by atoms with Gasteiger partial charge in [-0.05, 0) is 13.0 Å². The molecule has 2 heterocycles. The highest BCUT2D eigenvalue weighted by Crippen LogP contribution is 2.15. The molecular weight excluding hydrogens is 222 g/mol. The molecular formula is C12H17NO4. The maximum Gasteiger partial charge on any atom is 0.257 e. The third-order valence-corrected chi connectivity index (χ3v) is 2.73. The number of hydrogen-bond acceptors (Lipinski definition) is 4. The van der Waals surface area contributed by atoms with Crippen molar-refractivity contribution in [1.29, 1.82) is 0 Å². The number of amides is 1. The molecule has 0 N–H and O–H groups in total. The number of carbonyl (C=O) groups is 1. The van der Waals surface area contributed by atoms with Crippen molar-refractivity contribution in [2.24, 2.45) is 0 Å². The van der Waals surface area contributed by atoms with Crippen molar-refractivity contribution in [2.45, 2.75) is 19.1 Å². The van der Waals surface area contributed by atoms with Gasteiger partial charge >= 0.3 is 0 Å². The Hall–Kier alpha value is -1.33. The van der Waals surface area contributed by atoms with Crippen LogP contribution in [0.2, 0.25) is 0 Å². The molecule has 1 fully saturated rings. The van der Waals surface area contributed by atoms with E-state index < -0.39 is 0 Å². The molecule has 1 aromatic rings. The first-order valence-corrected chi connectivity index (χ1v) is 5.66. The van der Waals surface area contributed by atoms with Gasteiger partial charge in [0.05, 0.1) is 30.6 Å². The van der Waals surface area contributed by atoms with Crippen molar-refractivity contribution in [1.82, 2.24) is 4.90 Å². The van der Waals surface area contributed by atoms with Crippen LogP contribution in [0.5, 0.6) is 0 Å². The van der Waals surface area contributed by atoms with Gasteiger partial charge in [-0.1, -0.05) is 0 Å². The Labute approximate surface area is 100 Å². The number of nitrogens with zero attached hydrogens (tertiary/aromatic N) is 1. The fourth-order valence-electron chi connectivity index (χ4n) is 2.06. The molecule has 1 saturated heterocycles. The van der Waals surface area contributed by atoms with Gasteiger partial charge in [-0.3, -0.25) is 4.79 Å². The van der Waals surface area contributed by atoms with E-state index in [0.717, 1.165) is 0 Å². The van der Waals surface area contributed by atoms with Crippen molar-refractivity contribution < 1.29 is 18.7 Å². The summed E-state index contributed by atoms with van der Waals surface area (Å²) < 4.78 is 15.7. The zero-order valence-corrected chi connectivity index (χ0v) is 10.1. The summed E-state index contributed by atoms with van der Waals surface area (Å²) in [7, 11) is 1.63. The topological polar surface area (TPSA) is 51.9 Å². The van der Waals surface area contributed by atoms with Crippen molar-refractivity contribution in [3.63, 3.8) is 0 Å². The summed E-state index contributed by atoms with van der Waals surface area (Å²) in [5, 5.41) is 0. The van der Waals surface area contributed by atoms with Crippen molar-refractivity contribution in [3.05, 3.63) is 24.2 Å². The van der Waals surface area contributed by atoms with Crippen molar-refractivity contribution in [3.8, 4) is 0 Å². The molecule has 0 bridgehead atoms. The molecule has 94 valence electrons. The van der Waals surface area contributed by atoms with E-state index in [0.29, 0.717) is 25.3 Å². The summed E-state index contributed by atoms with van der Waals surface area (Å²) in [4.78, 5) is 13.9. The van der Waals surface area contributed by atoms with Crippen LogP contribution in [0.15, 0.2) is 23.0 Å². The Morgan fingerprint density at radius 3 is 3.06 bits per heavy atom. The van der Waals surface area contributed by atoms with Crippen LogP contribution in [0.1, 0.15) is 17.3 Å². The van der Waals surface area contributed by atoms with Crippen LogP contribution < -0.4 is 0 Å². The molecule has 0 radical (unpaired) electrons. The van der Waals surface area contributed by atoms with Gasteiger partial charge in [0, 0.05) is 20.2 Å². The first kappa shape index (κ1) is 12.1. The first-order chi connectivity index (χ1) is 8.20. The molecule has 0 saturated carbocycles. The molecule has 1 amide bonds. The number of ether oxygens (including phenoxy) is 2. The molecule has 2 rings (SSSR count). The largest absolute Gasteiger partial charge is 0.472 e. The average Bonchev–Trinajstić information content (AvgIpc) is 2.81. The van der Waals surface area contributed by atoms with E-state index in [1.165, 1.54) is 12.5 Å². The van der Waals surface area contributed by atoms with E-state index in [9.17, 15) is 4.79 Å². The lowest BCUT2D eigenvalue weighted by atomic mass is 10.2. The molecule has 1 aliphatic rings. The van der Waals surface area contributed by atoms with Crippen LogP contribution in [-0.4, -0.2) is 49.8 Å². The number of furan rings is 1. The number of methoxy groups -OCH3 is 1.